The SMILES string of the molecule is COc1ccc(C(=O)Nc2nc3c(s2)C[C@@H](N)CC3)cc1.Cl. The van der Waals surface area contributed by atoms with Crippen LogP contribution in [0.2, 0.25) is 0 Å². The van der Waals surface area contributed by atoms with Crippen LogP contribution in [0.4, 0.5) is 5.13 Å². The Kier molecular flexibility index (Phi) is 5.39. The van der Waals surface area contributed by atoms with Gasteiger partial charge >= 0.3 is 0 Å². The molecule has 3 rings (SSSR count). The van der Waals surface area contributed by atoms with E-state index in [0.29, 0.717) is 10.7 Å². The summed E-state index contributed by atoms with van der Waals surface area (Å²) in [5.74, 6) is 0.568. The summed E-state index contributed by atoms with van der Waals surface area (Å²) in [6, 6.07) is 7.21. The van der Waals surface area contributed by atoms with Crippen LogP contribution in [-0.4, -0.2) is 24.0 Å². The average molecular weight is 340 g/mol. The van der Waals surface area contributed by atoms with E-state index in [1.165, 1.54) is 16.2 Å². The first-order valence-electron chi connectivity index (χ1n) is 6.85. The number of hydrogen-bond donors (Lipinski definition) is 2. The van der Waals surface area contributed by atoms with Gasteiger partial charge in [0.2, 0.25) is 0 Å². The summed E-state index contributed by atoms with van der Waals surface area (Å²) in [6.45, 7) is 0. The molecule has 1 aliphatic carbocycles. The summed E-state index contributed by atoms with van der Waals surface area (Å²) >= 11 is 1.52. The van der Waals surface area contributed by atoms with Gasteiger partial charge in [0.15, 0.2) is 5.13 Å². The van der Waals surface area contributed by atoms with Crippen LogP contribution in [0.1, 0.15) is 27.3 Å². The highest BCUT2D eigenvalue weighted by Crippen LogP contribution is 2.29. The number of amides is 1. The first-order chi connectivity index (χ1) is 10.2. The number of anilines is 1. The monoisotopic (exact) mass is 339 g/mol. The predicted molar refractivity (Wildman–Crippen MR) is 90.3 cm³/mol. The van der Waals surface area contributed by atoms with Crippen molar-refractivity contribution in [3.63, 3.8) is 0 Å². The third-order valence-electron chi connectivity index (χ3n) is 3.55. The van der Waals surface area contributed by atoms with E-state index in [9.17, 15) is 4.79 Å². The van der Waals surface area contributed by atoms with Gasteiger partial charge in [0, 0.05) is 16.5 Å². The number of fused-ring (bicyclic) bond motifs is 1. The van der Waals surface area contributed by atoms with Crippen molar-refractivity contribution < 1.29 is 9.53 Å². The Labute approximate surface area is 139 Å². The zero-order valence-corrected chi connectivity index (χ0v) is 13.8. The number of aromatic nitrogens is 1. The Balaban J connectivity index is 0.00000176. The fourth-order valence-electron chi connectivity index (χ4n) is 2.37. The first kappa shape index (κ1) is 16.7. The molecule has 1 aromatic heterocycles. The molecule has 0 aliphatic heterocycles. The molecule has 0 radical (unpaired) electrons. The molecule has 1 aromatic carbocycles. The van der Waals surface area contributed by atoms with Crippen molar-refractivity contribution in [1.29, 1.82) is 0 Å². The lowest BCUT2D eigenvalue weighted by Crippen LogP contribution is -2.27. The Morgan fingerprint density at radius 1 is 1.41 bits per heavy atom. The molecule has 0 saturated carbocycles. The molecule has 1 heterocycles. The van der Waals surface area contributed by atoms with Crippen molar-refractivity contribution in [3.05, 3.63) is 40.4 Å². The van der Waals surface area contributed by atoms with Crippen LogP contribution >= 0.6 is 23.7 Å². The van der Waals surface area contributed by atoms with Crippen LogP contribution in [0, 0.1) is 0 Å². The van der Waals surface area contributed by atoms with E-state index in [4.69, 9.17) is 10.5 Å². The van der Waals surface area contributed by atoms with Gasteiger partial charge < -0.3 is 10.5 Å². The molecule has 1 atom stereocenters. The molecule has 118 valence electrons. The number of nitrogens with two attached hydrogens (primary N) is 1. The third-order valence-corrected chi connectivity index (χ3v) is 4.59. The lowest BCUT2D eigenvalue weighted by molar-refractivity contribution is 0.102. The van der Waals surface area contributed by atoms with E-state index in [2.05, 4.69) is 10.3 Å². The van der Waals surface area contributed by atoms with E-state index in [1.54, 1.807) is 31.4 Å². The quantitative estimate of drug-likeness (QED) is 0.901. The summed E-state index contributed by atoms with van der Waals surface area (Å²) in [5.41, 5.74) is 7.62. The smallest absolute Gasteiger partial charge is 0.257 e. The summed E-state index contributed by atoms with van der Waals surface area (Å²) < 4.78 is 5.08. The van der Waals surface area contributed by atoms with Gasteiger partial charge in [-0.15, -0.1) is 23.7 Å². The largest absolute Gasteiger partial charge is 0.497 e. The van der Waals surface area contributed by atoms with Crippen molar-refractivity contribution in [2.75, 3.05) is 12.4 Å². The highest BCUT2D eigenvalue weighted by Gasteiger charge is 2.20. The van der Waals surface area contributed by atoms with Crippen molar-refractivity contribution in [2.24, 2.45) is 5.73 Å². The third kappa shape index (κ3) is 3.58. The van der Waals surface area contributed by atoms with Crippen LogP contribution in [0.5, 0.6) is 5.75 Å². The minimum atomic E-state index is -0.159. The zero-order valence-electron chi connectivity index (χ0n) is 12.2. The van der Waals surface area contributed by atoms with Crippen LogP contribution in [-0.2, 0) is 12.8 Å². The van der Waals surface area contributed by atoms with Gasteiger partial charge in [-0.3, -0.25) is 10.1 Å². The van der Waals surface area contributed by atoms with Gasteiger partial charge in [0.25, 0.3) is 5.91 Å². The predicted octanol–water partition coefficient (Wildman–Crippen LogP) is 2.64. The normalized spacial score (nSPS) is 16.4. The number of rotatable bonds is 3. The number of halogens is 1. The topological polar surface area (TPSA) is 77.2 Å². The number of methoxy groups -OCH3 is 1. The molecule has 0 unspecified atom stereocenters. The molecule has 5 nitrogen and oxygen atoms in total. The molecule has 3 N–H and O–H groups in total. The maximum absolute atomic E-state index is 12.2. The van der Waals surface area contributed by atoms with Crippen LogP contribution in [0.25, 0.3) is 0 Å². The molecular weight excluding hydrogens is 322 g/mol. The molecular formula is C15H18ClN3O2S. The average Bonchev–Trinajstić information content (AvgIpc) is 2.88. The van der Waals surface area contributed by atoms with E-state index in [1.807, 2.05) is 0 Å². The summed E-state index contributed by atoms with van der Waals surface area (Å²) in [7, 11) is 1.60. The molecule has 0 fully saturated rings. The fourth-order valence-corrected chi connectivity index (χ4v) is 3.46. The van der Waals surface area contributed by atoms with E-state index < -0.39 is 0 Å². The highest BCUT2D eigenvalue weighted by atomic mass is 35.5. The minimum absolute atomic E-state index is 0. The van der Waals surface area contributed by atoms with Gasteiger partial charge in [-0.1, -0.05) is 0 Å². The Morgan fingerprint density at radius 2 is 2.14 bits per heavy atom. The van der Waals surface area contributed by atoms with Crippen LogP contribution in [0.3, 0.4) is 0 Å². The second-order valence-corrected chi connectivity index (χ2v) is 6.16. The van der Waals surface area contributed by atoms with Crippen LogP contribution < -0.4 is 15.8 Å². The summed E-state index contributed by atoms with van der Waals surface area (Å²) in [4.78, 5) is 17.9. The zero-order chi connectivity index (χ0) is 14.8. The molecule has 22 heavy (non-hydrogen) atoms. The Bertz CT molecular complexity index is 657. The maximum atomic E-state index is 12.2. The standard InChI is InChI=1S/C15H17N3O2S.ClH/c1-20-11-5-2-9(3-6-11)14(19)18-15-17-12-7-4-10(16)8-13(12)21-15;/h2-3,5-6,10H,4,7-8,16H2,1H3,(H,17,18,19);1H/t10-;/m0./s1. The lowest BCUT2D eigenvalue weighted by atomic mass is 9.99. The van der Waals surface area contributed by atoms with Gasteiger partial charge in [0.1, 0.15) is 5.75 Å². The minimum Gasteiger partial charge on any atom is -0.497 e. The molecule has 1 aliphatic rings. The molecule has 1 amide bonds. The molecule has 0 spiro atoms. The first-order valence-corrected chi connectivity index (χ1v) is 7.67. The second kappa shape index (κ2) is 7.09. The summed E-state index contributed by atoms with van der Waals surface area (Å²) in [5, 5.41) is 3.50. The Hall–Kier alpha value is -1.63. The fraction of sp³-hybridized carbons (Fsp3) is 0.333. The van der Waals surface area contributed by atoms with Crippen molar-refractivity contribution in [1.82, 2.24) is 4.98 Å². The second-order valence-electron chi connectivity index (χ2n) is 5.07. The summed E-state index contributed by atoms with van der Waals surface area (Å²) in [6.07, 6.45) is 2.71. The van der Waals surface area contributed by atoms with Gasteiger partial charge in [-0.2, -0.15) is 0 Å². The molecule has 0 saturated heterocycles. The number of hydrogen-bond acceptors (Lipinski definition) is 5. The Morgan fingerprint density at radius 3 is 2.82 bits per heavy atom. The van der Waals surface area contributed by atoms with E-state index >= 15 is 0 Å². The van der Waals surface area contributed by atoms with Gasteiger partial charge in [-0.05, 0) is 43.5 Å². The van der Waals surface area contributed by atoms with Crippen molar-refractivity contribution in [3.8, 4) is 5.75 Å². The number of aryl methyl sites for hydroxylation is 1. The van der Waals surface area contributed by atoms with E-state index in [-0.39, 0.29) is 24.4 Å². The lowest BCUT2D eigenvalue weighted by Gasteiger charge is -2.15. The molecule has 7 heteroatoms. The number of carbonyl (C=O) groups is 1. The van der Waals surface area contributed by atoms with Gasteiger partial charge in [-0.25, -0.2) is 4.98 Å². The number of thiazole rings is 1. The van der Waals surface area contributed by atoms with Crippen molar-refractivity contribution in [2.45, 2.75) is 25.3 Å². The number of carbonyl (C=O) groups excluding carboxylic acids is 1. The number of nitrogens with one attached hydrogen (secondary N) is 1. The van der Waals surface area contributed by atoms with Crippen molar-refractivity contribution >= 4 is 34.8 Å². The number of ether oxygens (including phenoxy) is 1. The number of nitrogens with zero attached hydrogens (tertiary/aromatic N) is 1. The van der Waals surface area contributed by atoms with E-state index in [0.717, 1.165) is 30.7 Å². The van der Waals surface area contributed by atoms with Gasteiger partial charge in [0.05, 0.1) is 12.8 Å². The maximum Gasteiger partial charge on any atom is 0.257 e. The molecule has 2 aromatic rings. The van der Waals surface area contributed by atoms with Crippen LogP contribution in [0.15, 0.2) is 24.3 Å². The highest BCUT2D eigenvalue weighted by molar-refractivity contribution is 7.15. The number of benzene rings is 1. The molecule has 0 bridgehead atoms.